The first-order valence-corrected chi connectivity index (χ1v) is 7.88. The summed E-state index contributed by atoms with van der Waals surface area (Å²) in [5.74, 6) is 1.02. The molecule has 1 saturated carbocycles. The van der Waals surface area contributed by atoms with Gasteiger partial charge in [-0.2, -0.15) is 0 Å². The van der Waals surface area contributed by atoms with Gasteiger partial charge in [0.1, 0.15) is 11.9 Å². The third-order valence-electron chi connectivity index (χ3n) is 4.12. The Labute approximate surface area is 117 Å². The van der Waals surface area contributed by atoms with E-state index in [9.17, 15) is 0 Å². The molecule has 1 aliphatic carbocycles. The Morgan fingerprint density at radius 2 is 2.17 bits per heavy atom. The van der Waals surface area contributed by atoms with E-state index in [1.807, 2.05) is 6.07 Å². The lowest BCUT2D eigenvalue weighted by Crippen LogP contribution is -2.48. The molecule has 1 heterocycles. The Morgan fingerprint density at radius 1 is 1.33 bits per heavy atom. The maximum atomic E-state index is 6.20. The summed E-state index contributed by atoms with van der Waals surface area (Å²) in [7, 11) is 0. The zero-order valence-electron chi connectivity index (χ0n) is 10.5. The van der Waals surface area contributed by atoms with Crippen LogP contribution in [0, 0.1) is 0 Å². The van der Waals surface area contributed by atoms with Crippen LogP contribution in [-0.4, -0.2) is 18.3 Å². The first-order chi connectivity index (χ1) is 8.81. The number of rotatable bonds is 3. The van der Waals surface area contributed by atoms with Gasteiger partial charge in [-0.3, -0.25) is 0 Å². The van der Waals surface area contributed by atoms with Crippen molar-refractivity contribution in [2.24, 2.45) is 0 Å². The lowest BCUT2D eigenvalue weighted by atomic mass is 9.74. The molecule has 1 saturated heterocycles. The summed E-state index contributed by atoms with van der Waals surface area (Å²) in [6.07, 6.45) is 6.13. The van der Waals surface area contributed by atoms with Gasteiger partial charge < -0.3 is 9.47 Å². The van der Waals surface area contributed by atoms with Gasteiger partial charge >= 0.3 is 0 Å². The van der Waals surface area contributed by atoms with E-state index in [0.717, 1.165) is 30.5 Å². The molecule has 18 heavy (non-hydrogen) atoms. The van der Waals surface area contributed by atoms with Gasteiger partial charge in [0, 0.05) is 23.7 Å². The van der Waals surface area contributed by atoms with E-state index in [-0.39, 0.29) is 5.60 Å². The molecule has 0 bridgehead atoms. The molecule has 1 aliphatic heterocycles. The second-order valence-electron chi connectivity index (χ2n) is 5.36. The van der Waals surface area contributed by atoms with Crippen molar-refractivity contribution in [2.45, 2.75) is 49.1 Å². The van der Waals surface area contributed by atoms with Gasteiger partial charge in [0.2, 0.25) is 0 Å². The van der Waals surface area contributed by atoms with Crippen molar-refractivity contribution in [3.63, 3.8) is 0 Å². The molecule has 2 fully saturated rings. The summed E-state index contributed by atoms with van der Waals surface area (Å²) in [5, 5.41) is 0.845. The Hall–Kier alpha value is -0.540. The highest BCUT2D eigenvalue weighted by Gasteiger charge is 2.43. The van der Waals surface area contributed by atoms with Gasteiger partial charge in [-0.05, 0) is 25.3 Å². The Morgan fingerprint density at radius 3 is 2.89 bits per heavy atom. The predicted molar refractivity (Wildman–Crippen MR) is 75.3 cm³/mol. The molecule has 1 unspecified atom stereocenters. The van der Waals surface area contributed by atoms with Crippen molar-refractivity contribution < 1.29 is 9.47 Å². The minimum Gasteiger partial charge on any atom is -0.490 e. The third kappa shape index (κ3) is 2.43. The van der Waals surface area contributed by atoms with Crippen LogP contribution in [-0.2, 0) is 10.1 Å². The van der Waals surface area contributed by atoms with E-state index in [1.165, 1.54) is 24.8 Å². The van der Waals surface area contributed by atoms with Crippen molar-refractivity contribution >= 4 is 15.9 Å². The van der Waals surface area contributed by atoms with Gasteiger partial charge in [0.05, 0.1) is 12.2 Å². The fourth-order valence-corrected chi connectivity index (χ4v) is 3.37. The van der Waals surface area contributed by atoms with Crippen LogP contribution >= 0.6 is 15.9 Å². The first-order valence-electron chi connectivity index (χ1n) is 6.76. The molecule has 1 aromatic carbocycles. The summed E-state index contributed by atoms with van der Waals surface area (Å²) in [6.45, 7) is 0.848. The average Bonchev–Trinajstić information content (AvgIpc) is 2.38. The molecule has 2 aliphatic rings. The van der Waals surface area contributed by atoms with Crippen molar-refractivity contribution in [1.29, 1.82) is 0 Å². The van der Waals surface area contributed by atoms with E-state index in [0.29, 0.717) is 6.10 Å². The molecule has 0 aromatic heterocycles. The van der Waals surface area contributed by atoms with Crippen LogP contribution in [0.25, 0.3) is 0 Å². The van der Waals surface area contributed by atoms with Crippen LogP contribution in [0.3, 0.4) is 0 Å². The quantitative estimate of drug-likeness (QED) is 0.784. The fourth-order valence-electron chi connectivity index (χ4n) is 2.91. The van der Waals surface area contributed by atoms with Gasteiger partial charge in [0.25, 0.3) is 0 Å². The van der Waals surface area contributed by atoms with Crippen molar-refractivity contribution in [3.05, 3.63) is 29.8 Å². The van der Waals surface area contributed by atoms with E-state index in [4.69, 9.17) is 9.47 Å². The van der Waals surface area contributed by atoms with Crippen LogP contribution in [0.4, 0.5) is 0 Å². The maximum absolute atomic E-state index is 6.20. The Bertz CT molecular complexity index is 415. The van der Waals surface area contributed by atoms with E-state index in [2.05, 4.69) is 34.1 Å². The number of hydrogen-bond acceptors (Lipinski definition) is 2. The minimum absolute atomic E-state index is 0.159. The van der Waals surface area contributed by atoms with Gasteiger partial charge in [0.15, 0.2) is 0 Å². The molecule has 0 N–H and O–H groups in total. The third-order valence-corrected chi connectivity index (χ3v) is 4.73. The number of hydrogen-bond donors (Lipinski definition) is 0. The van der Waals surface area contributed by atoms with Crippen LogP contribution in [0.15, 0.2) is 24.3 Å². The zero-order chi connectivity index (χ0) is 12.4. The highest BCUT2D eigenvalue weighted by Crippen LogP contribution is 2.43. The minimum atomic E-state index is 0.159. The highest BCUT2D eigenvalue weighted by atomic mass is 79.9. The van der Waals surface area contributed by atoms with Crippen molar-refractivity contribution in [2.75, 3.05) is 6.61 Å². The maximum Gasteiger partial charge on any atom is 0.123 e. The van der Waals surface area contributed by atoms with Crippen LogP contribution in [0.1, 0.15) is 37.7 Å². The van der Waals surface area contributed by atoms with Crippen LogP contribution < -0.4 is 4.74 Å². The van der Waals surface area contributed by atoms with Crippen LogP contribution in [0.5, 0.6) is 5.75 Å². The second kappa shape index (κ2) is 5.22. The Kier molecular flexibility index (Phi) is 3.62. The van der Waals surface area contributed by atoms with Crippen LogP contribution in [0.2, 0.25) is 0 Å². The molecule has 2 nitrogen and oxygen atoms in total. The standard InChI is InChI=1S/C15H19BrO2/c16-11-12-4-1-2-5-14(12)18-13-6-9-17-15(10-13)7-3-8-15/h1-2,4-5,13H,3,6-11H2. The topological polar surface area (TPSA) is 18.5 Å². The summed E-state index contributed by atoms with van der Waals surface area (Å²) in [5.41, 5.74) is 1.39. The first kappa shape index (κ1) is 12.5. The zero-order valence-corrected chi connectivity index (χ0v) is 12.1. The van der Waals surface area contributed by atoms with Gasteiger partial charge in [-0.25, -0.2) is 0 Å². The number of halogens is 1. The summed E-state index contributed by atoms with van der Waals surface area (Å²) < 4.78 is 12.1. The summed E-state index contributed by atoms with van der Waals surface area (Å²) in [6, 6.07) is 8.28. The highest BCUT2D eigenvalue weighted by molar-refractivity contribution is 9.08. The number of para-hydroxylation sites is 1. The van der Waals surface area contributed by atoms with Gasteiger partial charge in [-0.1, -0.05) is 34.1 Å². The number of ether oxygens (including phenoxy) is 2. The molecule has 98 valence electrons. The lowest BCUT2D eigenvalue weighted by Gasteiger charge is -2.47. The second-order valence-corrected chi connectivity index (χ2v) is 5.92. The molecule has 3 rings (SSSR count). The predicted octanol–water partition coefficient (Wildman–Crippen LogP) is 4.06. The van der Waals surface area contributed by atoms with Crippen molar-refractivity contribution in [1.82, 2.24) is 0 Å². The summed E-state index contributed by atoms with van der Waals surface area (Å²) >= 11 is 3.52. The van der Waals surface area contributed by atoms with E-state index >= 15 is 0 Å². The van der Waals surface area contributed by atoms with Crippen molar-refractivity contribution in [3.8, 4) is 5.75 Å². The average molecular weight is 311 g/mol. The molecular weight excluding hydrogens is 292 g/mol. The molecule has 1 atom stereocenters. The molecule has 1 aromatic rings. The number of benzene rings is 1. The number of alkyl halides is 1. The summed E-state index contributed by atoms with van der Waals surface area (Å²) in [4.78, 5) is 0. The molecule has 0 radical (unpaired) electrons. The largest absolute Gasteiger partial charge is 0.490 e. The lowest BCUT2D eigenvalue weighted by molar-refractivity contribution is -0.153. The van der Waals surface area contributed by atoms with E-state index in [1.54, 1.807) is 0 Å². The van der Waals surface area contributed by atoms with E-state index < -0.39 is 0 Å². The smallest absolute Gasteiger partial charge is 0.123 e. The Balaban J connectivity index is 1.68. The molecule has 3 heteroatoms. The fraction of sp³-hybridized carbons (Fsp3) is 0.600. The monoisotopic (exact) mass is 310 g/mol. The molecular formula is C15H19BrO2. The normalized spacial score (nSPS) is 25.7. The molecule has 0 amide bonds. The van der Waals surface area contributed by atoms with Gasteiger partial charge in [-0.15, -0.1) is 0 Å². The molecule has 1 spiro atoms. The SMILES string of the molecule is BrCc1ccccc1OC1CCOC2(CCC2)C1.